The molecule has 0 aromatic carbocycles. The van der Waals surface area contributed by atoms with E-state index < -0.39 is 0 Å². The molecular formula is C10H15ClN2. The van der Waals surface area contributed by atoms with E-state index in [9.17, 15) is 0 Å². The molecule has 0 atom stereocenters. The largest absolute Gasteiger partial charge is 0.397 e. The van der Waals surface area contributed by atoms with Crippen LogP contribution in [0.15, 0.2) is 6.07 Å². The molecule has 0 radical (unpaired) electrons. The molecule has 0 bridgehead atoms. The van der Waals surface area contributed by atoms with Crippen molar-refractivity contribution in [3.63, 3.8) is 0 Å². The van der Waals surface area contributed by atoms with E-state index in [1.807, 2.05) is 6.92 Å². The van der Waals surface area contributed by atoms with E-state index in [0.29, 0.717) is 10.7 Å². The Hall–Kier alpha value is -0.760. The van der Waals surface area contributed by atoms with Gasteiger partial charge in [-0.15, -0.1) is 0 Å². The lowest BCUT2D eigenvalue weighted by Crippen LogP contribution is -1.98. The van der Waals surface area contributed by atoms with Crippen LogP contribution in [0.3, 0.4) is 0 Å². The molecule has 0 aliphatic carbocycles. The molecule has 1 rings (SSSR count). The van der Waals surface area contributed by atoms with Crippen molar-refractivity contribution in [2.75, 3.05) is 5.73 Å². The lowest BCUT2D eigenvalue weighted by atomic mass is 10.1. The summed E-state index contributed by atoms with van der Waals surface area (Å²) in [5, 5.41) is 0.691. The predicted octanol–water partition coefficient (Wildman–Crippen LogP) is 2.97. The summed E-state index contributed by atoms with van der Waals surface area (Å²) in [4.78, 5) is 4.35. The van der Waals surface area contributed by atoms with E-state index in [0.717, 1.165) is 30.7 Å². The van der Waals surface area contributed by atoms with Crippen molar-refractivity contribution in [2.24, 2.45) is 0 Å². The average molecular weight is 199 g/mol. The van der Waals surface area contributed by atoms with Gasteiger partial charge in [0.15, 0.2) is 0 Å². The number of halogens is 1. The summed E-state index contributed by atoms with van der Waals surface area (Å²) in [6.45, 7) is 4.05. The molecule has 2 nitrogen and oxygen atoms in total. The summed E-state index contributed by atoms with van der Waals surface area (Å²) in [6, 6.07) is 1.79. The SMILES string of the molecule is CCCCc1nc(C)c(N)cc1Cl. The number of unbranched alkanes of at least 4 members (excludes halogenated alkanes) is 1. The van der Waals surface area contributed by atoms with Gasteiger partial charge in [0.25, 0.3) is 0 Å². The van der Waals surface area contributed by atoms with Crippen LogP contribution in [0.2, 0.25) is 5.02 Å². The smallest absolute Gasteiger partial charge is 0.0642 e. The van der Waals surface area contributed by atoms with Crippen LogP contribution in [-0.2, 0) is 6.42 Å². The molecule has 1 aromatic heterocycles. The molecule has 72 valence electrons. The minimum atomic E-state index is 0.672. The van der Waals surface area contributed by atoms with Crippen molar-refractivity contribution in [2.45, 2.75) is 33.1 Å². The number of rotatable bonds is 3. The zero-order valence-electron chi connectivity index (χ0n) is 8.10. The highest BCUT2D eigenvalue weighted by molar-refractivity contribution is 6.31. The number of hydrogen-bond donors (Lipinski definition) is 1. The predicted molar refractivity (Wildman–Crippen MR) is 57.0 cm³/mol. The quantitative estimate of drug-likeness (QED) is 0.811. The van der Waals surface area contributed by atoms with Crippen LogP contribution in [0.4, 0.5) is 5.69 Å². The van der Waals surface area contributed by atoms with E-state index in [2.05, 4.69) is 11.9 Å². The third kappa shape index (κ3) is 2.59. The van der Waals surface area contributed by atoms with Gasteiger partial charge in [0.05, 0.1) is 22.1 Å². The lowest BCUT2D eigenvalue weighted by molar-refractivity contribution is 0.774. The van der Waals surface area contributed by atoms with Crippen LogP contribution < -0.4 is 5.73 Å². The fourth-order valence-electron chi connectivity index (χ4n) is 1.16. The normalized spacial score (nSPS) is 10.4. The Labute approximate surface area is 84.1 Å². The summed E-state index contributed by atoms with van der Waals surface area (Å²) in [5.74, 6) is 0. The van der Waals surface area contributed by atoms with Gasteiger partial charge in [-0.3, -0.25) is 4.98 Å². The summed E-state index contributed by atoms with van der Waals surface area (Å²) >= 11 is 5.99. The Bertz CT molecular complexity index is 297. The van der Waals surface area contributed by atoms with E-state index in [1.165, 1.54) is 0 Å². The highest BCUT2D eigenvalue weighted by atomic mass is 35.5. The standard InChI is InChI=1S/C10H15ClN2/c1-3-4-5-10-8(11)6-9(12)7(2)13-10/h6H,3-5,12H2,1-2H3. The molecule has 3 heteroatoms. The summed E-state index contributed by atoms with van der Waals surface area (Å²) < 4.78 is 0. The fourth-order valence-corrected chi connectivity index (χ4v) is 1.42. The Morgan fingerprint density at radius 3 is 2.85 bits per heavy atom. The molecular weight excluding hydrogens is 184 g/mol. The fraction of sp³-hybridized carbons (Fsp3) is 0.500. The number of nitrogens with zero attached hydrogens (tertiary/aromatic N) is 1. The highest BCUT2D eigenvalue weighted by Gasteiger charge is 2.04. The molecule has 0 fully saturated rings. The van der Waals surface area contributed by atoms with Crippen molar-refractivity contribution in [3.05, 3.63) is 22.5 Å². The zero-order valence-corrected chi connectivity index (χ0v) is 8.86. The molecule has 0 aliphatic heterocycles. The molecule has 1 heterocycles. The summed E-state index contributed by atoms with van der Waals surface area (Å²) in [7, 11) is 0. The summed E-state index contributed by atoms with van der Waals surface area (Å²) in [5.41, 5.74) is 8.18. The number of aromatic nitrogens is 1. The van der Waals surface area contributed by atoms with Gasteiger partial charge in [-0.2, -0.15) is 0 Å². The number of aryl methyl sites for hydroxylation is 2. The minimum absolute atomic E-state index is 0.672. The van der Waals surface area contributed by atoms with Crippen LogP contribution >= 0.6 is 11.6 Å². The van der Waals surface area contributed by atoms with Gasteiger partial charge >= 0.3 is 0 Å². The van der Waals surface area contributed by atoms with Crippen LogP contribution in [-0.4, -0.2) is 4.98 Å². The van der Waals surface area contributed by atoms with Crippen LogP contribution in [0.5, 0.6) is 0 Å². The first-order valence-corrected chi connectivity index (χ1v) is 4.94. The van der Waals surface area contributed by atoms with Crippen LogP contribution in [0.25, 0.3) is 0 Å². The van der Waals surface area contributed by atoms with E-state index in [4.69, 9.17) is 17.3 Å². The number of anilines is 1. The first-order valence-electron chi connectivity index (χ1n) is 4.56. The third-order valence-electron chi connectivity index (χ3n) is 2.05. The van der Waals surface area contributed by atoms with E-state index in [1.54, 1.807) is 6.07 Å². The minimum Gasteiger partial charge on any atom is -0.397 e. The number of pyridine rings is 1. The van der Waals surface area contributed by atoms with Crippen LogP contribution in [0, 0.1) is 6.92 Å². The molecule has 2 N–H and O–H groups in total. The van der Waals surface area contributed by atoms with Crippen molar-refractivity contribution in [1.29, 1.82) is 0 Å². The number of nitrogen functional groups attached to an aromatic ring is 1. The van der Waals surface area contributed by atoms with Crippen molar-refractivity contribution in [1.82, 2.24) is 4.98 Å². The van der Waals surface area contributed by atoms with E-state index >= 15 is 0 Å². The third-order valence-corrected chi connectivity index (χ3v) is 2.37. The van der Waals surface area contributed by atoms with Crippen LogP contribution in [0.1, 0.15) is 31.2 Å². The molecule has 0 unspecified atom stereocenters. The van der Waals surface area contributed by atoms with E-state index in [-0.39, 0.29) is 0 Å². The van der Waals surface area contributed by atoms with Gasteiger partial charge in [-0.05, 0) is 25.8 Å². The van der Waals surface area contributed by atoms with Gasteiger partial charge < -0.3 is 5.73 Å². The molecule has 0 amide bonds. The highest BCUT2D eigenvalue weighted by Crippen LogP contribution is 2.20. The van der Waals surface area contributed by atoms with Gasteiger partial charge in [-0.1, -0.05) is 24.9 Å². The molecule has 0 aliphatic rings. The maximum absolute atomic E-state index is 5.99. The molecule has 0 saturated heterocycles. The van der Waals surface area contributed by atoms with Gasteiger partial charge in [0, 0.05) is 0 Å². The Morgan fingerprint density at radius 1 is 1.54 bits per heavy atom. The average Bonchev–Trinajstić information content (AvgIpc) is 2.09. The second kappa shape index (κ2) is 4.47. The first kappa shape index (κ1) is 10.3. The second-order valence-corrected chi connectivity index (χ2v) is 3.60. The Morgan fingerprint density at radius 2 is 2.23 bits per heavy atom. The number of nitrogens with two attached hydrogens (primary N) is 1. The van der Waals surface area contributed by atoms with Gasteiger partial charge in [0.1, 0.15) is 0 Å². The Kier molecular flexibility index (Phi) is 3.55. The monoisotopic (exact) mass is 198 g/mol. The Balaban J connectivity index is 2.88. The topological polar surface area (TPSA) is 38.9 Å². The van der Waals surface area contributed by atoms with Crippen molar-refractivity contribution < 1.29 is 0 Å². The molecule has 0 spiro atoms. The number of hydrogen-bond acceptors (Lipinski definition) is 2. The van der Waals surface area contributed by atoms with Gasteiger partial charge in [0.2, 0.25) is 0 Å². The molecule has 13 heavy (non-hydrogen) atoms. The summed E-state index contributed by atoms with van der Waals surface area (Å²) in [6.07, 6.45) is 3.22. The second-order valence-electron chi connectivity index (χ2n) is 3.20. The zero-order chi connectivity index (χ0) is 9.84. The molecule has 1 aromatic rings. The lowest BCUT2D eigenvalue weighted by Gasteiger charge is -2.06. The first-order chi connectivity index (χ1) is 6.15. The maximum atomic E-state index is 5.99. The molecule has 0 saturated carbocycles. The van der Waals surface area contributed by atoms with Crippen molar-refractivity contribution in [3.8, 4) is 0 Å². The maximum Gasteiger partial charge on any atom is 0.0642 e. The van der Waals surface area contributed by atoms with Crippen molar-refractivity contribution >= 4 is 17.3 Å². The van der Waals surface area contributed by atoms with Gasteiger partial charge in [-0.25, -0.2) is 0 Å².